The number of likely N-dealkylation sites (tertiary alicyclic amines) is 1. The summed E-state index contributed by atoms with van der Waals surface area (Å²) in [5.41, 5.74) is 0. The van der Waals surface area contributed by atoms with Gasteiger partial charge in [-0.05, 0) is 25.7 Å². The fraction of sp³-hybridized carbons (Fsp3) is 0.917. The number of nitrogens with zero attached hydrogens (tertiary/aromatic N) is 1. The van der Waals surface area contributed by atoms with Crippen molar-refractivity contribution in [2.24, 2.45) is 5.92 Å². The van der Waals surface area contributed by atoms with Crippen LogP contribution in [0.25, 0.3) is 0 Å². The molecule has 0 aromatic rings. The van der Waals surface area contributed by atoms with E-state index in [9.17, 15) is 9.90 Å². The lowest BCUT2D eigenvalue weighted by Gasteiger charge is -2.33. The van der Waals surface area contributed by atoms with Gasteiger partial charge in [0.1, 0.15) is 0 Å². The highest BCUT2D eigenvalue weighted by Crippen LogP contribution is 2.12. The molecular formula is C12H24N2O2. The van der Waals surface area contributed by atoms with E-state index in [1.807, 2.05) is 6.92 Å². The number of nitrogens with one attached hydrogen (secondary N) is 1. The zero-order valence-electron chi connectivity index (χ0n) is 10.6. The van der Waals surface area contributed by atoms with Crippen LogP contribution in [-0.4, -0.2) is 47.7 Å². The molecule has 0 bridgehead atoms. The Hall–Kier alpha value is -0.610. The lowest BCUT2D eigenvalue weighted by molar-refractivity contribution is -0.126. The molecule has 0 radical (unpaired) electrons. The lowest BCUT2D eigenvalue weighted by Crippen LogP contribution is -2.49. The quantitative estimate of drug-likeness (QED) is 0.741. The van der Waals surface area contributed by atoms with E-state index in [1.165, 1.54) is 0 Å². The highest BCUT2D eigenvalue weighted by molar-refractivity contribution is 5.81. The molecule has 0 aromatic heterocycles. The predicted octanol–water partition coefficient (Wildman–Crippen LogP) is 0.604. The van der Waals surface area contributed by atoms with Gasteiger partial charge in [-0.15, -0.1) is 0 Å². The summed E-state index contributed by atoms with van der Waals surface area (Å²) in [5, 5.41) is 12.3. The molecule has 0 aliphatic carbocycles. The minimum absolute atomic E-state index is 0.0775. The summed E-state index contributed by atoms with van der Waals surface area (Å²) in [7, 11) is 0. The van der Waals surface area contributed by atoms with Gasteiger partial charge in [0.2, 0.25) is 5.91 Å². The molecule has 0 aromatic carbocycles. The third-order valence-corrected chi connectivity index (χ3v) is 3.11. The maximum Gasteiger partial charge on any atom is 0.237 e. The van der Waals surface area contributed by atoms with Gasteiger partial charge in [-0.25, -0.2) is 0 Å². The fourth-order valence-electron chi connectivity index (χ4n) is 1.89. The Labute approximate surface area is 98.0 Å². The average molecular weight is 228 g/mol. The normalized spacial score (nSPS) is 21.1. The second kappa shape index (κ2) is 6.21. The summed E-state index contributed by atoms with van der Waals surface area (Å²) in [6.45, 7) is 8.48. The molecule has 0 spiro atoms. The zero-order valence-corrected chi connectivity index (χ0v) is 10.6. The van der Waals surface area contributed by atoms with E-state index in [0.717, 1.165) is 32.5 Å². The van der Waals surface area contributed by atoms with Crippen molar-refractivity contribution >= 4 is 5.91 Å². The Morgan fingerprint density at radius 2 is 1.94 bits per heavy atom. The first-order chi connectivity index (χ1) is 7.50. The van der Waals surface area contributed by atoms with E-state index in [0.29, 0.717) is 5.92 Å². The van der Waals surface area contributed by atoms with Crippen molar-refractivity contribution in [2.45, 2.75) is 45.8 Å². The largest absolute Gasteiger partial charge is 0.393 e. The average Bonchev–Trinajstić information content (AvgIpc) is 2.26. The summed E-state index contributed by atoms with van der Waals surface area (Å²) < 4.78 is 0. The first-order valence-electron chi connectivity index (χ1n) is 6.20. The molecule has 4 nitrogen and oxygen atoms in total. The van der Waals surface area contributed by atoms with Crippen molar-refractivity contribution in [3.05, 3.63) is 0 Å². The van der Waals surface area contributed by atoms with Crippen LogP contribution in [0.1, 0.15) is 33.6 Å². The smallest absolute Gasteiger partial charge is 0.237 e. The van der Waals surface area contributed by atoms with Gasteiger partial charge in [-0.2, -0.15) is 0 Å². The van der Waals surface area contributed by atoms with E-state index >= 15 is 0 Å². The minimum Gasteiger partial charge on any atom is -0.393 e. The molecule has 16 heavy (non-hydrogen) atoms. The highest BCUT2D eigenvalue weighted by Gasteiger charge is 2.25. The number of carbonyl (C=O) groups is 1. The van der Waals surface area contributed by atoms with E-state index in [4.69, 9.17) is 0 Å². The molecule has 1 saturated heterocycles. The molecule has 1 amide bonds. The first kappa shape index (κ1) is 13.5. The van der Waals surface area contributed by atoms with Crippen molar-refractivity contribution in [3.63, 3.8) is 0 Å². The summed E-state index contributed by atoms with van der Waals surface area (Å²) >= 11 is 0. The van der Waals surface area contributed by atoms with Gasteiger partial charge in [0.15, 0.2) is 0 Å². The molecule has 1 atom stereocenters. The topological polar surface area (TPSA) is 52.6 Å². The molecule has 1 aliphatic rings. The summed E-state index contributed by atoms with van der Waals surface area (Å²) in [5.74, 6) is 0.587. The Morgan fingerprint density at radius 1 is 1.38 bits per heavy atom. The maximum atomic E-state index is 11.8. The Balaban J connectivity index is 2.32. The van der Waals surface area contributed by atoms with Gasteiger partial charge < -0.3 is 10.4 Å². The van der Waals surface area contributed by atoms with Crippen LogP contribution in [0.5, 0.6) is 0 Å². The van der Waals surface area contributed by atoms with Gasteiger partial charge in [0.05, 0.1) is 12.1 Å². The standard InChI is InChI=1S/C12H24N2O2/c1-9(2)8-13-12(16)10(3)14-6-4-11(15)5-7-14/h9-11,15H,4-8H2,1-3H3,(H,13,16). The number of hydrogen-bond donors (Lipinski definition) is 2. The van der Waals surface area contributed by atoms with Gasteiger partial charge in [0.25, 0.3) is 0 Å². The van der Waals surface area contributed by atoms with Crippen molar-refractivity contribution in [1.82, 2.24) is 10.2 Å². The second-order valence-electron chi connectivity index (χ2n) is 5.08. The lowest BCUT2D eigenvalue weighted by atomic mass is 10.1. The van der Waals surface area contributed by atoms with Gasteiger partial charge in [-0.1, -0.05) is 13.8 Å². The third-order valence-electron chi connectivity index (χ3n) is 3.11. The number of carbonyl (C=O) groups excluding carboxylic acids is 1. The van der Waals surface area contributed by atoms with Crippen LogP contribution in [0.15, 0.2) is 0 Å². The molecule has 1 unspecified atom stereocenters. The van der Waals surface area contributed by atoms with Crippen LogP contribution in [0.4, 0.5) is 0 Å². The van der Waals surface area contributed by atoms with Gasteiger partial charge in [-0.3, -0.25) is 9.69 Å². The summed E-state index contributed by atoms with van der Waals surface area (Å²) in [6.07, 6.45) is 1.38. The first-order valence-corrected chi connectivity index (χ1v) is 6.20. The molecule has 1 aliphatic heterocycles. The number of aliphatic hydroxyl groups is 1. The maximum absolute atomic E-state index is 11.8. The second-order valence-corrected chi connectivity index (χ2v) is 5.08. The summed E-state index contributed by atoms with van der Waals surface area (Å²) in [6, 6.07) is -0.0775. The Morgan fingerprint density at radius 3 is 2.44 bits per heavy atom. The van der Waals surface area contributed by atoms with E-state index in [1.54, 1.807) is 0 Å². The molecule has 1 heterocycles. The zero-order chi connectivity index (χ0) is 12.1. The monoisotopic (exact) mass is 228 g/mol. The molecule has 4 heteroatoms. The molecule has 94 valence electrons. The SMILES string of the molecule is CC(C)CNC(=O)C(C)N1CCC(O)CC1. The van der Waals surface area contributed by atoms with Crippen molar-refractivity contribution in [1.29, 1.82) is 0 Å². The van der Waals surface area contributed by atoms with Crippen LogP contribution in [0.3, 0.4) is 0 Å². The number of aliphatic hydroxyl groups excluding tert-OH is 1. The molecule has 0 saturated carbocycles. The van der Waals surface area contributed by atoms with Crippen molar-refractivity contribution in [3.8, 4) is 0 Å². The molecular weight excluding hydrogens is 204 g/mol. The third kappa shape index (κ3) is 4.10. The van der Waals surface area contributed by atoms with Crippen molar-refractivity contribution in [2.75, 3.05) is 19.6 Å². The Kier molecular flexibility index (Phi) is 5.22. The van der Waals surface area contributed by atoms with Gasteiger partial charge >= 0.3 is 0 Å². The predicted molar refractivity (Wildman–Crippen MR) is 64.1 cm³/mol. The number of hydrogen-bond acceptors (Lipinski definition) is 3. The number of amides is 1. The molecule has 2 N–H and O–H groups in total. The fourth-order valence-corrected chi connectivity index (χ4v) is 1.89. The van der Waals surface area contributed by atoms with Crippen LogP contribution < -0.4 is 5.32 Å². The van der Waals surface area contributed by atoms with Crippen LogP contribution in [0.2, 0.25) is 0 Å². The van der Waals surface area contributed by atoms with Crippen LogP contribution in [0, 0.1) is 5.92 Å². The number of rotatable bonds is 4. The van der Waals surface area contributed by atoms with Crippen molar-refractivity contribution < 1.29 is 9.90 Å². The highest BCUT2D eigenvalue weighted by atomic mass is 16.3. The van der Waals surface area contributed by atoms with E-state index in [-0.39, 0.29) is 18.1 Å². The number of piperidine rings is 1. The van der Waals surface area contributed by atoms with Crippen LogP contribution >= 0.6 is 0 Å². The summed E-state index contributed by atoms with van der Waals surface area (Å²) in [4.78, 5) is 14.0. The van der Waals surface area contributed by atoms with E-state index in [2.05, 4.69) is 24.1 Å². The molecule has 1 fully saturated rings. The Bertz CT molecular complexity index is 223. The van der Waals surface area contributed by atoms with Gasteiger partial charge in [0, 0.05) is 19.6 Å². The van der Waals surface area contributed by atoms with Crippen LogP contribution in [-0.2, 0) is 4.79 Å². The molecule has 1 rings (SSSR count). The van der Waals surface area contributed by atoms with E-state index < -0.39 is 0 Å². The minimum atomic E-state index is -0.179.